The normalized spacial score (nSPS) is 29.2. The first-order valence-corrected chi connectivity index (χ1v) is 6.43. The van der Waals surface area contributed by atoms with Gasteiger partial charge < -0.3 is 14.7 Å². The fourth-order valence-electron chi connectivity index (χ4n) is 2.78. The number of likely N-dealkylation sites (tertiary alicyclic amines) is 1. The summed E-state index contributed by atoms with van der Waals surface area (Å²) in [5.74, 6) is 0.675. The average molecular weight is 253 g/mol. The minimum atomic E-state index is -0.875. The molecule has 1 N–H and O–H groups in total. The summed E-state index contributed by atoms with van der Waals surface area (Å²) < 4.78 is 7.23. The van der Waals surface area contributed by atoms with Crippen molar-refractivity contribution in [2.75, 3.05) is 20.7 Å². The highest BCUT2D eigenvalue weighted by molar-refractivity contribution is 5.33. The van der Waals surface area contributed by atoms with Crippen molar-refractivity contribution in [2.24, 2.45) is 0 Å². The highest BCUT2D eigenvalue weighted by Gasteiger charge is 2.45. The van der Waals surface area contributed by atoms with Crippen LogP contribution in [-0.4, -0.2) is 46.5 Å². The van der Waals surface area contributed by atoms with Crippen molar-refractivity contribution in [2.45, 2.75) is 44.9 Å². The van der Waals surface area contributed by atoms with Gasteiger partial charge >= 0.3 is 0 Å². The van der Waals surface area contributed by atoms with Gasteiger partial charge in [0, 0.05) is 18.6 Å². The molecule has 1 aromatic rings. The standard InChI is InChI=1S/C13H23N3O2/c1-9(2)16-12(11(18-5)7-14-16)13(17)6-10(3)15(4)8-13/h7,9-10,17H,6,8H2,1-5H3. The summed E-state index contributed by atoms with van der Waals surface area (Å²) in [5.41, 5.74) is -0.0727. The molecule has 102 valence electrons. The minimum absolute atomic E-state index is 0.203. The molecule has 1 fully saturated rings. The van der Waals surface area contributed by atoms with Gasteiger partial charge in [0.05, 0.1) is 13.3 Å². The lowest BCUT2D eigenvalue weighted by Crippen LogP contribution is -2.33. The van der Waals surface area contributed by atoms with Crippen molar-refractivity contribution < 1.29 is 9.84 Å². The first-order chi connectivity index (χ1) is 8.39. The van der Waals surface area contributed by atoms with Crippen LogP contribution in [0.4, 0.5) is 0 Å². The molecule has 0 spiro atoms. The number of hydrogen-bond acceptors (Lipinski definition) is 4. The SMILES string of the molecule is COc1cnn(C(C)C)c1C1(O)CC(C)N(C)C1. The van der Waals surface area contributed by atoms with Crippen LogP contribution >= 0.6 is 0 Å². The molecule has 1 aliphatic rings. The monoisotopic (exact) mass is 253 g/mol. The maximum Gasteiger partial charge on any atom is 0.163 e. The van der Waals surface area contributed by atoms with Gasteiger partial charge in [0.15, 0.2) is 5.75 Å². The lowest BCUT2D eigenvalue weighted by Gasteiger charge is -2.26. The lowest BCUT2D eigenvalue weighted by atomic mass is 9.95. The maximum atomic E-state index is 11.0. The number of aromatic nitrogens is 2. The molecule has 1 aliphatic heterocycles. The zero-order valence-corrected chi connectivity index (χ0v) is 11.8. The van der Waals surface area contributed by atoms with Crippen LogP contribution in [0, 0.1) is 0 Å². The highest BCUT2D eigenvalue weighted by atomic mass is 16.5. The fraction of sp³-hybridized carbons (Fsp3) is 0.769. The van der Waals surface area contributed by atoms with Crippen molar-refractivity contribution in [3.8, 4) is 5.75 Å². The largest absolute Gasteiger partial charge is 0.493 e. The maximum absolute atomic E-state index is 11.0. The Kier molecular flexibility index (Phi) is 3.38. The third-order valence-corrected chi connectivity index (χ3v) is 3.81. The van der Waals surface area contributed by atoms with Crippen molar-refractivity contribution in [1.82, 2.24) is 14.7 Å². The van der Waals surface area contributed by atoms with E-state index in [1.807, 2.05) is 11.7 Å². The van der Waals surface area contributed by atoms with E-state index in [-0.39, 0.29) is 6.04 Å². The molecule has 0 amide bonds. The second kappa shape index (κ2) is 4.55. The third kappa shape index (κ3) is 2.01. The van der Waals surface area contributed by atoms with Gasteiger partial charge in [0.1, 0.15) is 11.3 Å². The van der Waals surface area contributed by atoms with E-state index in [1.54, 1.807) is 13.3 Å². The Labute approximate surface area is 108 Å². The Balaban J connectivity index is 2.46. The van der Waals surface area contributed by atoms with Crippen molar-refractivity contribution in [1.29, 1.82) is 0 Å². The van der Waals surface area contributed by atoms with Gasteiger partial charge in [-0.05, 0) is 34.2 Å². The van der Waals surface area contributed by atoms with Gasteiger partial charge in [0.2, 0.25) is 0 Å². The van der Waals surface area contributed by atoms with Crippen LogP contribution in [0.1, 0.15) is 38.9 Å². The summed E-state index contributed by atoms with van der Waals surface area (Å²) in [6.07, 6.45) is 2.40. The zero-order chi connectivity index (χ0) is 13.5. The number of nitrogens with zero attached hydrogens (tertiary/aromatic N) is 3. The second-order valence-corrected chi connectivity index (χ2v) is 5.60. The molecule has 2 unspecified atom stereocenters. The molecule has 0 bridgehead atoms. The predicted molar refractivity (Wildman–Crippen MR) is 69.8 cm³/mol. The summed E-state index contributed by atoms with van der Waals surface area (Å²) in [6, 6.07) is 0.560. The minimum Gasteiger partial charge on any atom is -0.493 e. The topological polar surface area (TPSA) is 50.5 Å². The highest BCUT2D eigenvalue weighted by Crippen LogP contribution is 2.40. The summed E-state index contributed by atoms with van der Waals surface area (Å²) in [6.45, 7) is 6.85. The number of hydrogen-bond donors (Lipinski definition) is 1. The van der Waals surface area contributed by atoms with Crippen molar-refractivity contribution in [3.63, 3.8) is 0 Å². The molecule has 2 atom stereocenters. The van der Waals surface area contributed by atoms with Crippen LogP contribution in [0.5, 0.6) is 5.75 Å². The van der Waals surface area contributed by atoms with Gasteiger partial charge in [-0.15, -0.1) is 0 Å². The van der Waals surface area contributed by atoms with E-state index in [9.17, 15) is 5.11 Å². The van der Waals surface area contributed by atoms with E-state index >= 15 is 0 Å². The first kappa shape index (κ1) is 13.4. The molecule has 0 saturated carbocycles. The van der Waals surface area contributed by atoms with Crippen LogP contribution in [0.3, 0.4) is 0 Å². The van der Waals surface area contributed by atoms with Crippen LogP contribution in [-0.2, 0) is 5.60 Å². The molecule has 1 saturated heterocycles. The van der Waals surface area contributed by atoms with Crippen molar-refractivity contribution >= 4 is 0 Å². The fourth-order valence-corrected chi connectivity index (χ4v) is 2.78. The van der Waals surface area contributed by atoms with E-state index in [1.165, 1.54) is 0 Å². The molecule has 1 aromatic heterocycles. The number of rotatable bonds is 3. The molecule has 0 aliphatic carbocycles. The van der Waals surface area contributed by atoms with Gasteiger partial charge in [-0.2, -0.15) is 5.10 Å². The Bertz CT molecular complexity index is 418. The van der Waals surface area contributed by atoms with Gasteiger partial charge in [-0.25, -0.2) is 0 Å². The Morgan fingerprint density at radius 2 is 2.22 bits per heavy atom. The summed E-state index contributed by atoms with van der Waals surface area (Å²) in [7, 11) is 3.65. The molecule has 18 heavy (non-hydrogen) atoms. The van der Waals surface area contributed by atoms with E-state index in [2.05, 4.69) is 30.8 Å². The van der Waals surface area contributed by atoms with Crippen molar-refractivity contribution in [3.05, 3.63) is 11.9 Å². The van der Waals surface area contributed by atoms with Crippen LogP contribution in [0.15, 0.2) is 6.20 Å². The number of likely N-dealkylation sites (N-methyl/N-ethyl adjacent to an activating group) is 1. The molecule has 2 rings (SSSR count). The van der Waals surface area contributed by atoms with E-state index in [0.29, 0.717) is 24.8 Å². The van der Waals surface area contributed by atoms with E-state index in [4.69, 9.17) is 4.74 Å². The summed E-state index contributed by atoms with van der Waals surface area (Å²) in [5, 5.41) is 15.3. The average Bonchev–Trinajstić information content (AvgIpc) is 2.81. The number of methoxy groups -OCH3 is 1. The molecule has 5 nitrogen and oxygen atoms in total. The molecule has 0 aromatic carbocycles. The predicted octanol–water partition coefficient (Wildman–Crippen LogP) is 1.38. The zero-order valence-electron chi connectivity index (χ0n) is 11.8. The summed E-state index contributed by atoms with van der Waals surface area (Å²) in [4.78, 5) is 2.16. The van der Waals surface area contributed by atoms with E-state index in [0.717, 1.165) is 5.69 Å². The van der Waals surface area contributed by atoms with Gasteiger partial charge in [-0.3, -0.25) is 4.68 Å². The lowest BCUT2D eigenvalue weighted by molar-refractivity contribution is 0.0355. The Morgan fingerprint density at radius 3 is 2.67 bits per heavy atom. The van der Waals surface area contributed by atoms with Crippen LogP contribution in [0.2, 0.25) is 0 Å². The Morgan fingerprint density at radius 1 is 1.56 bits per heavy atom. The summed E-state index contributed by atoms with van der Waals surface area (Å²) >= 11 is 0. The quantitative estimate of drug-likeness (QED) is 0.884. The molecular weight excluding hydrogens is 230 g/mol. The smallest absolute Gasteiger partial charge is 0.163 e. The van der Waals surface area contributed by atoms with Gasteiger partial charge in [-0.1, -0.05) is 0 Å². The van der Waals surface area contributed by atoms with Gasteiger partial charge in [0.25, 0.3) is 0 Å². The van der Waals surface area contributed by atoms with Crippen LogP contribution < -0.4 is 4.74 Å². The second-order valence-electron chi connectivity index (χ2n) is 5.60. The molecule has 2 heterocycles. The number of aliphatic hydroxyl groups is 1. The first-order valence-electron chi connectivity index (χ1n) is 6.43. The Hall–Kier alpha value is -1.07. The number of β-amino-alcohol motifs (C(OH)–C–C–N with tert-alkyl or cyclic N) is 1. The third-order valence-electron chi connectivity index (χ3n) is 3.81. The number of ether oxygens (including phenoxy) is 1. The molecular formula is C13H23N3O2. The van der Waals surface area contributed by atoms with E-state index < -0.39 is 5.60 Å². The van der Waals surface area contributed by atoms with Crippen LogP contribution in [0.25, 0.3) is 0 Å². The molecule has 5 heteroatoms. The molecule has 0 radical (unpaired) electrons.